The van der Waals surface area contributed by atoms with Crippen LogP contribution in [0.1, 0.15) is 18.2 Å². The van der Waals surface area contributed by atoms with Crippen molar-refractivity contribution < 1.29 is 4.79 Å². The summed E-state index contributed by atoms with van der Waals surface area (Å²) in [5.41, 5.74) is 1.84. The number of halogens is 1. The molecule has 1 aromatic carbocycles. The summed E-state index contributed by atoms with van der Waals surface area (Å²) in [6.07, 6.45) is 4.18. The third-order valence-corrected chi connectivity index (χ3v) is 4.48. The molecule has 1 amide bonds. The molecule has 0 aliphatic carbocycles. The number of nitrogens with zero attached hydrogens (tertiary/aromatic N) is 3. The van der Waals surface area contributed by atoms with Gasteiger partial charge in [0, 0.05) is 35.9 Å². The molecule has 0 saturated carbocycles. The number of imidazole rings is 1. The van der Waals surface area contributed by atoms with Crippen LogP contribution in [0.2, 0.25) is 5.02 Å². The minimum absolute atomic E-state index is 0.0771. The molecule has 0 bridgehead atoms. The van der Waals surface area contributed by atoms with E-state index >= 15 is 0 Å². The molecule has 114 valence electrons. The highest BCUT2D eigenvalue weighted by Crippen LogP contribution is 2.15. The molecule has 3 rings (SSSR count). The van der Waals surface area contributed by atoms with Crippen LogP contribution in [0, 0.1) is 0 Å². The maximum Gasteiger partial charge on any atom is 0.228 e. The summed E-state index contributed by atoms with van der Waals surface area (Å²) in [6.45, 7) is 3.21. The van der Waals surface area contributed by atoms with Crippen LogP contribution in [0.5, 0.6) is 0 Å². The summed E-state index contributed by atoms with van der Waals surface area (Å²) in [6, 6.07) is 7.61. The number of carbonyl (C=O) groups is 1. The normalized spacial score (nSPS) is 11.0. The van der Waals surface area contributed by atoms with E-state index in [2.05, 4.69) is 4.98 Å². The maximum absolute atomic E-state index is 12.5. The number of hydrogen-bond acceptors (Lipinski definition) is 3. The molecule has 2 aromatic heterocycles. The third kappa shape index (κ3) is 3.31. The van der Waals surface area contributed by atoms with E-state index in [0.29, 0.717) is 24.5 Å². The Bertz CT molecular complexity index is 767. The number of fused-ring (bicyclic) bond motifs is 1. The molecular weight excluding hydrogens is 318 g/mol. The van der Waals surface area contributed by atoms with Crippen LogP contribution in [0.15, 0.2) is 42.0 Å². The number of aromatic nitrogens is 2. The van der Waals surface area contributed by atoms with Crippen molar-refractivity contribution in [3.05, 3.63) is 58.3 Å². The number of thiazole rings is 1. The van der Waals surface area contributed by atoms with Crippen LogP contribution in [0.25, 0.3) is 4.96 Å². The molecule has 4 nitrogen and oxygen atoms in total. The lowest BCUT2D eigenvalue weighted by Crippen LogP contribution is -2.31. The highest BCUT2D eigenvalue weighted by Gasteiger charge is 2.15. The van der Waals surface area contributed by atoms with Crippen LogP contribution in [0.4, 0.5) is 0 Å². The Morgan fingerprint density at radius 1 is 1.45 bits per heavy atom. The SMILES string of the molecule is CCN(Cc1cccc(Cl)c1)C(=O)Cc1cn2ccsc2n1. The van der Waals surface area contributed by atoms with Gasteiger partial charge in [0.05, 0.1) is 12.1 Å². The van der Waals surface area contributed by atoms with Gasteiger partial charge in [0.1, 0.15) is 0 Å². The minimum atomic E-state index is 0.0771. The van der Waals surface area contributed by atoms with Gasteiger partial charge in [-0.2, -0.15) is 0 Å². The van der Waals surface area contributed by atoms with Gasteiger partial charge in [0.2, 0.25) is 5.91 Å². The number of carbonyl (C=O) groups excluding carboxylic acids is 1. The zero-order valence-electron chi connectivity index (χ0n) is 12.2. The summed E-state index contributed by atoms with van der Waals surface area (Å²) >= 11 is 7.56. The molecule has 0 aliphatic rings. The van der Waals surface area contributed by atoms with E-state index in [-0.39, 0.29) is 5.91 Å². The van der Waals surface area contributed by atoms with E-state index in [1.807, 2.05) is 58.3 Å². The van der Waals surface area contributed by atoms with E-state index in [4.69, 9.17) is 11.6 Å². The van der Waals surface area contributed by atoms with Gasteiger partial charge in [-0.3, -0.25) is 9.20 Å². The number of hydrogen-bond donors (Lipinski definition) is 0. The topological polar surface area (TPSA) is 37.6 Å². The van der Waals surface area contributed by atoms with Crippen molar-refractivity contribution in [1.29, 1.82) is 0 Å². The van der Waals surface area contributed by atoms with Gasteiger partial charge in [-0.05, 0) is 24.6 Å². The van der Waals surface area contributed by atoms with Crippen molar-refractivity contribution in [2.75, 3.05) is 6.54 Å². The second-order valence-electron chi connectivity index (χ2n) is 5.04. The maximum atomic E-state index is 12.5. The molecular formula is C16H16ClN3OS. The Hall–Kier alpha value is -1.85. The minimum Gasteiger partial charge on any atom is -0.338 e. The fourth-order valence-electron chi connectivity index (χ4n) is 2.36. The molecule has 3 aromatic rings. The highest BCUT2D eigenvalue weighted by atomic mass is 35.5. The Morgan fingerprint density at radius 3 is 3.05 bits per heavy atom. The van der Waals surface area contributed by atoms with Gasteiger partial charge in [-0.15, -0.1) is 11.3 Å². The van der Waals surface area contributed by atoms with E-state index in [1.54, 1.807) is 11.3 Å². The van der Waals surface area contributed by atoms with E-state index in [1.165, 1.54) is 0 Å². The number of rotatable bonds is 5. The molecule has 22 heavy (non-hydrogen) atoms. The number of likely N-dealkylation sites (N-methyl/N-ethyl adjacent to an activating group) is 1. The molecule has 0 N–H and O–H groups in total. The van der Waals surface area contributed by atoms with Crippen molar-refractivity contribution in [1.82, 2.24) is 14.3 Å². The zero-order valence-corrected chi connectivity index (χ0v) is 13.8. The van der Waals surface area contributed by atoms with Crippen molar-refractivity contribution in [2.45, 2.75) is 19.9 Å². The molecule has 2 heterocycles. The lowest BCUT2D eigenvalue weighted by molar-refractivity contribution is -0.130. The van der Waals surface area contributed by atoms with Crippen molar-refractivity contribution >= 4 is 33.8 Å². The number of amides is 1. The predicted octanol–water partition coefficient (Wildman–Crippen LogP) is 3.64. The summed E-state index contributed by atoms with van der Waals surface area (Å²) in [4.78, 5) is 19.7. The summed E-state index contributed by atoms with van der Waals surface area (Å²) in [7, 11) is 0. The fourth-order valence-corrected chi connectivity index (χ4v) is 3.29. The van der Waals surface area contributed by atoms with Gasteiger partial charge in [-0.1, -0.05) is 23.7 Å². The van der Waals surface area contributed by atoms with Crippen molar-refractivity contribution in [2.24, 2.45) is 0 Å². The van der Waals surface area contributed by atoms with Crippen LogP contribution >= 0.6 is 22.9 Å². The Labute approximate surface area is 138 Å². The second kappa shape index (κ2) is 6.50. The average Bonchev–Trinajstić information content (AvgIpc) is 3.05. The predicted molar refractivity (Wildman–Crippen MR) is 89.3 cm³/mol. The van der Waals surface area contributed by atoms with Gasteiger partial charge in [0.15, 0.2) is 4.96 Å². The third-order valence-electron chi connectivity index (χ3n) is 3.47. The first-order chi connectivity index (χ1) is 10.7. The molecule has 0 unspecified atom stereocenters. The lowest BCUT2D eigenvalue weighted by atomic mass is 10.2. The lowest BCUT2D eigenvalue weighted by Gasteiger charge is -2.20. The van der Waals surface area contributed by atoms with Crippen LogP contribution in [-0.4, -0.2) is 26.7 Å². The van der Waals surface area contributed by atoms with Gasteiger partial charge >= 0.3 is 0 Å². The highest BCUT2D eigenvalue weighted by molar-refractivity contribution is 7.15. The quantitative estimate of drug-likeness (QED) is 0.715. The summed E-state index contributed by atoms with van der Waals surface area (Å²) < 4.78 is 1.94. The molecule has 0 saturated heterocycles. The van der Waals surface area contributed by atoms with Crippen LogP contribution < -0.4 is 0 Å². The molecule has 0 radical (unpaired) electrons. The van der Waals surface area contributed by atoms with Crippen LogP contribution in [-0.2, 0) is 17.8 Å². The van der Waals surface area contributed by atoms with Gasteiger partial charge in [0.25, 0.3) is 0 Å². The standard InChI is InChI=1S/C16H16ClN3OS/c1-2-19(10-12-4-3-5-13(17)8-12)15(21)9-14-11-20-6-7-22-16(20)18-14/h3-8,11H,2,9-10H2,1H3. The second-order valence-corrected chi connectivity index (χ2v) is 6.35. The molecule has 0 aliphatic heterocycles. The first-order valence-corrected chi connectivity index (χ1v) is 8.34. The van der Waals surface area contributed by atoms with E-state index < -0.39 is 0 Å². The Kier molecular flexibility index (Phi) is 4.45. The molecule has 0 fully saturated rings. The molecule has 0 atom stereocenters. The fraction of sp³-hybridized carbons (Fsp3) is 0.250. The average molecular weight is 334 g/mol. The Morgan fingerprint density at radius 2 is 2.32 bits per heavy atom. The largest absolute Gasteiger partial charge is 0.338 e. The van der Waals surface area contributed by atoms with Gasteiger partial charge < -0.3 is 4.90 Å². The van der Waals surface area contributed by atoms with E-state index in [9.17, 15) is 4.79 Å². The van der Waals surface area contributed by atoms with Crippen molar-refractivity contribution in [3.63, 3.8) is 0 Å². The smallest absolute Gasteiger partial charge is 0.228 e. The van der Waals surface area contributed by atoms with Crippen LogP contribution in [0.3, 0.4) is 0 Å². The Balaban J connectivity index is 1.69. The first kappa shape index (κ1) is 15.1. The van der Waals surface area contributed by atoms with Crippen molar-refractivity contribution in [3.8, 4) is 0 Å². The molecule has 6 heteroatoms. The zero-order chi connectivity index (χ0) is 15.5. The van der Waals surface area contributed by atoms with E-state index in [0.717, 1.165) is 16.2 Å². The summed E-state index contributed by atoms with van der Waals surface area (Å²) in [5.74, 6) is 0.0771. The molecule has 0 spiro atoms. The van der Waals surface area contributed by atoms with Gasteiger partial charge in [-0.25, -0.2) is 4.98 Å². The monoisotopic (exact) mass is 333 g/mol. The summed E-state index contributed by atoms with van der Waals surface area (Å²) in [5, 5.41) is 2.67. The number of benzene rings is 1. The first-order valence-electron chi connectivity index (χ1n) is 7.09.